The summed E-state index contributed by atoms with van der Waals surface area (Å²) in [4.78, 5) is 23.1. The minimum atomic E-state index is -0.359. The minimum Gasteiger partial charge on any atom is -0.508 e. The van der Waals surface area contributed by atoms with Crippen molar-refractivity contribution in [1.29, 1.82) is 0 Å². The molecule has 0 bridgehead atoms. The van der Waals surface area contributed by atoms with Gasteiger partial charge >= 0.3 is 0 Å². The first-order chi connectivity index (χ1) is 9.61. The smallest absolute Gasteiger partial charge is 0.233 e. The summed E-state index contributed by atoms with van der Waals surface area (Å²) in [6.07, 6.45) is 4.17. The van der Waals surface area contributed by atoms with Crippen LogP contribution >= 0.6 is 0 Å². The van der Waals surface area contributed by atoms with Crippen molar-refractivity contribution in [3.05, 3.63) is 24.3 Å². The highest BCUT2D eigenvalue weighted by Crippen LogP contribution is 2.13. The molecular formula is C15H22N2O3. The molecule has 1 rings (SSSR count). The van der Waals surface area contributed by atoms with E-state index in [0.717, 1.165) is 25.7 Å². The lowest BCUT2D eigenvalue weighted by Crippen LogP contribution is -2.28. The molecule has 0 saturated heterocycles. The lowest BCUT2D eigenvalue weighted by atomic mass is 10.2. The molecule has 20 heavy (non-hydrogen) atoms. The van der Waals surface area contributed by atoms with Crippen molar-refractivity contribution >= 4 is 17.5 Å². The van der Waals surface area contributed by atoms with Crippen LogP contribution in [0, 0.1) is 0 Å². The second kappa shape index (κ2) is 8.96. The van der Waals surface area contributed by atoms with Crippen LogP contribution in [0.2, 0.25) is 0 Å². The van der Waals surface area contributed by atoms with Crippen LogP contribution in [-0.2, 0) is 9.59 Å². The van der Waals surface area contributed by atoms with Gasteiger partial charge in [0.25, 0.3) is 0 Å². The van der Waals surface area contributed by atoms with Crippen molar-refractivity contribution in [2.45, 2.75) is 39.0 Å². The Morgan fingerprint density at radius 2 is 1.75 bits per heavy atom. The summed E-state index contributed by atoms with van der Waals surface area (Å²) in [5.74, 6) is -0.493. The third-order valence-corrected chi connectivity index (χ3v) is 2.82. The van der Waals surface area contributed by atoms with Crippen molar-refractivity contribution < 1.29 is 14.7 Å². The number of anilines is 1. The van der Waals surface area contributed by atoms with Gasteiger partial charge in [-0.1, -0.05) is 26.2 Å². The van der Waals surface area contributed by atoms with Crippen molar-refractivity contribution in [3.63, 3.8) is 0 Å². The van der Waals surface area contributed by atoms with E-state index in [-0.39, 0.29) is 24.0 Å². The fourth-order valence-corrected chi connectivity index (χ4v) is 1.74. The fourth-order valence-electron chi connectivity index (χ4n) is 1.74. The molecule has 0 spiro atoms. The summed E-state index contributed by atoms with van der Waals surface area (Å²) in [6.45, 7) is 2.75. The average Bonchev–Trinajstić information content (AvgIpc) is 2.41. The van der Waals surface area contributed by atoms with Crippen molar-refractivity contribution in [1.82, 2.24) is 5.32 Å². The van der Waals surface area contributed by atoms with E-state index < -0.39 is 0 Å². The van der Waals surface area contributed by atoms with E-state index in [4.69, 9.17) is 5.11 Å². The minimum absolute atomic E-state index is 0.132. The number of hydrogen-bond donors (Lipinski definition) is 3. The zero-order valence-electron chi connectivity index (χ0n) is 11.8. The van der Waals surface area contributed by atoms with Gasteiger partial charge in [-0.25, -0.2) is 0 Å². The largest absolute Gasteiger partial charge is 0.508 e. The number of nitrogens with one attached hydrogen (secondary N) is 2. The molecule has 0 aliphatic rings. The highest BCUT2D eigenvalue weighted by atomic mass is 16.3. The molecule has 5 nitrogen and oxygen atoms in total. The molecule has 0 saturated carbocycles. The Labute approximate surface area is 119 Å². The van der Waals surface area contributed by atoms with Gasteiger partial charge in [0.05, 0.1) is 0 Å². The Morgan fingerprint density at radius 3 is 2.40 bits per heavy atom. The highest BCUT2D eigenvalue weighted by molar-refractivity contribution is 6.03. The summed E-state index contributed by atoms with van der Waals surface area (Å²) in [6, 6.07) is 6.11. The van der Waals surface area contributed by atoms with Crippen molar-refractivity contribution in [2.75, 3.05) is 11.9 Å². The van der Waals surface area contributed by atoms with Crippen LogP contribution in [0.4, 0.5) is 5.69 Å². The molecule has 0 aliphatic heterocycles. The second-order valence-electron chi connectivity index (χ2n) is 4.68. The highest BCUT2D eigenvalue weighted by Gasteiger charge is 2.09. The summed E-state index contributed by atoms with van der Waals surface area (Å²) >= 11 is 0. The predicted molar refractivity (Wildman–Crippen MR) is 78.5 cm³/mol. The van der Waals surface area contributed by atoms with Gasteiger partial charge in [0.1, 0.15) is 12.2 Å². The molecule has 0 heterocycles. The molecule has 3 N–H and O–H groups in total. The molecule has 0 aliphatic carbocycles. The molecule has 0 unspecified atom stereocenters. The number of benzene rings is 1. The maximum Gasteiger partial charge on any atom is 0.233 e. The second-order valence-corrected chi connectivity index (χ2v) is 4.68. The predicted octanol–water partition coefficient (Wildman–Crippen LogP) is 2.42. The van der Waals surface area contributed by atoms with E-state index in [9.17, 15) is 9.59 Å². The summed E-state index contributed by atoms with van der Waals surface area (Å²) in [5, 5.41) is 14.4. The van der Waals surface area contributed by atoms with Crippen LogP contribution in [0.3, 0.4) is 0 Å². The monoisotopic (exact) mass is 278 g/mol. The maximum absolute atomic E-state index is 11.6. The molecule has 0 radical (unpaired) electrons. The topological polar surface area (TPSA) is 78.4 Å². The van der Waals surface area contributed by atoms with Crippen LogP contribution in [0.25, 0.3) is 0 Å². The Bertz CT molecular complexity index is 429. The zero-order chi connectivity index (χ0) is 14.8. The first kappa shape index (κ1) is 16.0. The van der Waals surface area contributed by atoms with Crippen molar-refractivity contribution in [3.8, 4) is 5.75 Å². The SMILES string of the molecule is CCCCCCNC(=O)CC(=O)Nc1ccc(O)cc1. The van der Waals surface area contributed by atoms with Gasteiger partial charge in [0, 0.05) is 12.2 Å². The number of aromatic hydroxyl groups is 1. The third kappa shape index (κ3) is 6.78. The number of phenolic OH excluding ortho intramolecular Hbond substituents is 1. The number of unbranched alkanes of at least 4 members (excludes halogenated alkanes) is 3. The molecule has 0 fully saturated rings. The van der Waals surface area contributed by atoms with Gasteiger partial charge in [0.2, 0.25) is 11.8 Å². The van der Waals surface area contributed by atoms with Gasteiger partial charge in [-0.15, -0.1) is 0 Å². The molecule has 1 aromatic rings. The lowest BCUT2D eigenvalue weighted by molar-refractivity contribution is -0.126. The van der Waals surface area contributed by atoms with E-state index in [2.05, 4.69) is 17.6 Å². The lowest BCUT2D eigenvalue weighted by Gasteiger charge is -2.06. The van der Waals surface area contributed by atoms with Gasteiger partial charge in [0.15, 0.2) is 0 Å². The van der Waals surface area contributed by atoms with E-state index in [1.807, 2.05) is 0 Å². The van der Waals surface area contributed by atoms with Gasteiger partial charge in [-0.2, -0.15) is 0 Å². The molecule has 0 atom stereocenters. The number of phenols is 1. The molecule has 110 valence electrons. The van der Waals surface area contributed by atoms with E-state index in [1.165, 1.54) is 12.1 Å². The van der Waals surface area contributed by atoms with E-state index in [0.29, 0.717) is 12.2 Å². The average molecular weight is 278 g/mol. The summed E-state index contributed by atoms with van der Waals surface area (Å²) < 4.78 is 0. The number of carbonyl (C=O) groups excluding carboxylic acids is 2. The van der Waals surface area contributed by atoms with Gasteiger partial charge in [-0.3, -0.25) is 9.59 Å². The standard InChI is InChI=1S/C15H22N2O3/c1-2-3-4-5-10-16-14(19)11-15(20)17-12-6-8-13(18)9-7-12/h6-9,18H,2-5,10-11H2,1H3,(H,16,19)(H,17,20). The summed E-state index contributed by atoms with van der Waals surface area (Å²) in [7, 11) is 0. The number of carbonyl (C=O) groups is 2. The molecule has 2 amide bonds. The van der Waals surface area contributed by atoms with Crippen LogP contribution < -0.4 is 10.6 Å². The van der Waals surface area contributed by atoms with E-state index >= 15 is 0 Å². The first-order valence-corrected chi connectivity index (χ1v) is 6.97. The summed E-state index contributed by atoms with van der Waals surface area (Å²) in [5.41, 5.74) is 0.559. The molecule has 1 aromatic carbocycles. The molecular weight excluding hydrogens is 256 g/mol. The zero-order valence-corrected chi connectivity index (χ0v) is 11.8. The third-order valence-electron chi connectivity index (χ3n) is 2.82. The van der Waals surface area contributed by atoms with Gasteiger partial charge < -0.3 is 15.7 Å². The maximum atomic E-state index is 11.6. The Kier molecular flexibility index (Phi) is 7.17. The number of amides is 2. The normalized spacial score (nSPS) is 10.1. The Hall–Kier alpha value is -2.04. The Balaban J connectivity index is 2.21. The fraction of sp³-hybridized carbons (Fsp3) is 0.467. The first-order valence-electron chi connectivity index (χ1n) is 6.97. The van der Waals surface area contributed by atoms with Crippen LogP contribution in [0.5, 0.6) is 5.75 Å². The number of rotatable bonds is 8. The van der Waals surface area contributed by atoms with Crippen LogP contribution in [0.15, 0.2) is 24.3 Å². The quantitative estimate of drug-likeness (QED) is 0.388. The van der Waals surface area contributed by atoms with Crippen LogP contribution in [0.1, 0.15) is 39.0 Å². The molecule has 0 aromatic heterocycles. The molecule has 5 heteroatoms. The van der Waals surface area contributed by atoms with Crippen molar-refractivity contribution in [2.24, 2.45) is 0 Å². The Morgan fingerprint density at radius 1 is 1.05 bits per heavy atom. The number of hydrogen-bond acceptors (Lipinski definition) is 3. The van der Waals surface area contributed by atoms with Crippen LogP contribution in [-0.4, -0.2) is 23.5 Å². The van der Waals surface area contributed by atoms with Gasteiger partial charge in [-0.05, 0) is 30.7 Å². The van der Waals surface area contributed by atoms with E-state index in [1.54, 1.807) is 12.1 Å².